The van der Waals surface area contributed by atoms with Crippen LogP contribution in [0.1, 0.15) is 0 Å². The van der Waals surface area contributed by atoms with Gasteiger partial charge in [0.1, 0.15) is 11.4 Å². The van der Waals surface area contributed by atoms with E-state index >= 15 is 0 Å². The summed E-state index contributed by atoms with van der Waals surface area (Å²) in [6.07, 6.45) is 3.34. The SMILES string of the molecule is Oc1ccc(-c2nnn(-c3cccnc3)n2)cc1. The molecule has 0 atom stereocenters. The van der Waals surface area contributed by atoms with Crippen LogP contribution in [0.4, 0.5) is 0 Å². The zero-order valence-electron chi connectivity index (χ0n) is 9.30. The maximum Gasteiger partial charge on any atom is 0.205 e. The molecule has 18 heavy (non-hydrogen) atoms. The first-order valence-electron chi connectivity index (χ1n) is 5.33. The predicted molar refractivity (Wildman–Crippen MR) is 64.0 cm³/mol. The molecule has 0 aliphatic rings. The molecule has 3 aromatic rings. The second-order valence-electron chi connectivity index (χ2n) is 3.66. The van der Waals surface area contributed by atoms with Gasteiger partial charge in [0.05, 0.1) is 6.20 Å². The molecule has 0 aliphatic heterocycles. The van der Waals surface area contributed by atoms with Crippen molar-refractivity contribution < 1.29 is 5.11 Å². The third-order valence-electron chi connectivity index (χ3n) is 2.42. The second kappa shape index (κ2) is 4.25. The largest absolute Gasteiger partial charge is 0.508 e. The molecule has 2 aromatic heterocycles. The Morgan fingerprint density at radius 1 is 1.06 bits per heavy atom. The van der Waals surface area contributed by atoms with Crippen LogP contribution in [0.2, 0.25) is 0 Å². The number of tetrazole rings is 1. The Morgan fingerprint density at radius 3 is 2.61 bits per heavy atom. The van der Waals surface area contributed by atoms with E-state index in [0.29, 0.717) is 5.82 Å². The molecule has 0 unspecified atom stereocenters. The normalized spacial score (nSPS) is 10.4. The van der Waals surface area contributed by atoms with Gasteiger partial charge in [0.15, 0.2) is 0 Å². The van der Waals surface area contributed by atoms with E-state index in [-0.39, 0.29) is 5.75 Å². The molecule has 0 saturated heterocycles. The van der Waals surface area contributed by atoms with Crippen LogP contribution < -0.4 is 0 Å². The van der Waals surface area contributed by atoms with E-state index in [0.717, 1.165) is 11.3 Å². The van der Waals surface area contributed by atoms with E-state index in [1.165, 1.54) is 4.80 Å². The number of pyridine rings is 1. The van der Waals surface area contributed by atoms with Crippen molar-refractivity contribution in [2.24, 2.45) is 0 Å². The lowest BCUT2D eigenvalue weighted by Gasteiger charge is -1.96. The summed E-state index contributed by atoms with van der Waals surface area (Å²) in [5, 5.41) is 21.4. The number of hydrogen-bond donors (Lipinski definition) is 1. The van der Waals surface area contributed by atoms with Crippen LogP contribution in [0.25, 0.3) is 17.1 Å². The third-order valence-corrected chi connectivity index (χ3v) is 2.42. The Bertz CT molecular complexity index is 648. The number of aromatic hydroxyl groups is 1. The van der Waals surface area contributed by atoms with Crippen molar-refractivity contribution in [2.75, 3.05) is 0 Å². The summed E-state index contributed by atoms with van der Waals surface area (Å²) >= 11 is 0. The summed E-state index contributed by atoms with van der Waals surface area (Å²) in [5.74, 6) is 0.706. The molecule has 0 aliphatic carbocycles. The maximum absolute atomic E-state index is 9.22. The van der Waals surface area contributed by atoms with Crippen LogP contribution in [0.3, 0.4) is 0 Å². The number of nitrogens with zero attached hydrogens (tertiary/aromatic N) is 5. The Hall–Kier alpha value is -2.76. The molecule has 3 rings (SSSR count). The van der Waals surface area contributed by atoms with Crippen molar-refractivity contribution >= 4 is 0 Å². The first-order valence-corrected chi connectivity index (χ1v) is 5.33. The highest BCUT2D eigenvalue weighted by molar-refractivity contribution is 5.55. The van der Waals surface area contributed by atoms with Gasteiger partial charge in [-0.1, -0.05) is 0 Å². The zero-order valence-corrected chi connectivity index (χ0v) is 9.30. The fraction of sp³-hybridized carbons (Fsp3) is 0. The lowest BCUT2D eigenvalue weighted by Crippen LogP contribution is -1.98. The van der Waals surface area contributed by atoms with E-state index < -0.39 is 0 Å². The Labute approximate surface area is 103 Å². The minimum absolute atomic E-state index is 0.207. The predicted octanol–water partition coefficient (Wildman–Crippen LogP) is 1.43. The lowest BCUT2D eigenvalue weighted by molar-refractivity contribution is 0.475. The monoisotopic (exact) mass is 239 g/mol. The highest BCUT2D eigenvalue weighted by Gasteiger charge is 2.06. The van der Waals surface area contributed by atoms with Crippen LogP contribution >= 0.6 is 0 Å². The average molecular weight is 239 g/mol. The van der Waals surface area contributed by atoms with Gasteiger partial charge in [-0.05, 0) is 41.6 Å². The van der Waals surface area contributed by atoms with Gasteiger partial charge in [-0.3, -0.25) is 4.98 Å². The minimum atomic E-state index is 0.207. The third kappa shape index (κ3) is 1.91. The van der Waals surface area contributed by atoms with Gasteiger partial charge < -0.3 is 5.11 Å². The van der Waals surface area contributed by atoms with Gasteiger partial charge in [-0.2, -0.15) is 0 Å². The van der Waals surface area contributed by atoms with Gasteiger partial charge in [0.25, 0.3) is 0 Å². The van der Waals surface area contributed by atoms with E-state index in [1.54, 1.807) is 42.7 Å². The standard InChI is InChI=1S/C12H9N5O/c18-11-5-3-9(4-6-11)12-14-16-17(15-12)10-2-1-7-13-8-10/h1-8,18H. The van der Waals surface area contributed by atoms with Gasteiger partial charge in [-0.25, -0.2) is 0 Å². The number of phenolic OH excluding ortho intramolecular Hbond substituents is 1. The molecule has 0 amide bonds. The van der Waals surface area contributed by atoms with Crippen molar-refractivity contribution in [1.29, 1.82) is 0 Å². The molecule has 6 nitrogen and oxygen atoms in total. The zero-order chi connectivity index (χ0) is 12.4. The van der Waals surface area contributed by atoms with E-state index in [4.69, 9.17) is 0 Å². The van der Waals surface area contributed by atoms with Crippen LogP contribution in [0.5, 0.6) is 5.75 Å². The van der Waals surface area contributed by atoms with E-state index in [2.05, 4.69) is 20.4 Å². The molecule has 2 heterocycles. The number of rotatable bonds is 2. The number of benzene rings is 1. The van der Waals surface area contributed by atoms with Crippen molar-refractivity contribution in [3.8, 4) is 22.8 Å². The molecule has 1 aromatic carbocycles. The highest BCUT2D eigenvalue weighted by atomic mass is 16.3. The summed E-state index contributed by atoms with van der Waals surface area (Å²) in [5.41, 5.74) is 1.54. The summed E-state index contributed by atoms with van der Waals surface area (Å²) in [7, 11) is 0. The summed E-state index contributed by atoms with van der Waals surface area (Å²) in [4.78, 5) is 5.40. The average Bonchev–Trinajstić information content (AvgIpc) is 2.90. The summed E-state index contributed by atoms with van der Waals surface area (Å²) in [6.45, 7) is 0. The Morgan fingerprint density at radius 2 is 1.89 bits per heavy atom. The van der Waals surface area contributed by atoms with Crippen molar-refractivity contribution in [3.63, 3.8) is 0 Å². The molecule has 88 valence electrons. The quantitative estimate of drug-likeness (QED) is 0.732. The number of phenols is 1. The van der Waals surface area contributed by atoms with Crippen molar-refractivity contribution in [2.45, 2.75) is 0 Å². The highest BCUT2D eigenvalue weighted by Crippen LogP contribution is 2.17. The van der Waals surface area contributed by atoms with Gasteiger partial charge in [-0.15, -0.1) is 15.0 Å². The van der Waals surface area contributed by atoms with Crippen LogP contribution in [-0.4, -0.2) is 30.3 Å². The molecule has 0 saturated carbocycles. The first-order chi connectivity index (χ1) is 8.83. The maximum atomic E-state index is 9.22. The van der Waals surface area contributed by atoms with Gasteiger partial charge >= 0.3 is 0 Å². The summed E-state index contributed by atoms with van der Waals surface area (Å²) in [6, 6.07) is 10.3. The van der Waals surface area contributed by atoms with Gasteiger partial charge in [0.2, 0.25) is 5.82 Å². The number of hydrogen-bond acceptors (Lipinski definition) is 5. The fourth-order valence-electron chi connectivity index (χ4n) is 1.52. The van der Waals surface area contributed by atoms with E-state index in [1.807, 2.05) is 6.07 Å². The Kier molecular flexibility index (Phi) is 2.45. The van der Waals surface area contributed by atoms with Gasteiger partial charge in [0, 0.05) is 11.8 Å². The van der Waals surface area contributed by atoms with Crippen LogP contribution in [-0.2, 0) is 0 Å². The molecule has 1 N–H and O–H groups in total. The molecule has 6 heteroatoms. The smallest absolute Gasteiger partial charge is 0.205 e. The fourth-order valence-corrected chi connectivity index (χ4v) is 1.52. The molecule has 0 bridgehead atoms. The molecular formula is C12H9N5O. The lowest BCUT2D eigenvalue weighted by atomic mass is 10.2. The number of aromatic nitrogens is 5. The molecule has 0 spiro atoms. The minimum Gasteiger partial charge on any atom is -0.508 e. The molecule has 0 fully saturated rings. The van der Waals surface area contributed by atoms with Crippen molar-refractivity contribution in [1.82, 2.24) is 25.2 Å². The van der Waals surface area contributed by atoms with Crippen molar-refractivity contribution in [3.05, 3.63) is 48.8 Å². The van der Waals surface area contributed by atoms with Crippen LogP contribution in [0, 0.1) is 0 Å². The van der Waals surface area contributed by atoms with Crippen LogP contribution in [0.15, 0.2) is 48.8 Å². The summed E-state index contributed by atoms with van der Waals surface area (Å²) < 4.78 is 0. The molecule has 0 radical (unpaired) electrons. The second-order valence-corrected chi connectivity index (χ2v) is 3.66. The Balaban J connectivity index is 1.97. The van der Waals surface area contributed by atoms with E-state index in [9.17, 15) is 5.11 Å². The first kappa shape index (κ1) is 10.4. The molecular weight excluding hydrogens is 230 g/mol. The topological polar surface area (TPSA) is 76.7 Å².